The fraction of sp³-hybridized carbons (Fsp3) is 0.647. The van der Waals surface area contributed by atoms with Gasteiger partial charge in [-0.25, -0.2) is 18.4 Å². The van der Waals surface area contributed by atoms with Gasteiger partial charge in [0.1, 0.15) is 0 Å². The van der Waals surface area contributed by atoms with E-state index in [1.165, 1.54) is 0 Å². The van der Waals surface area contributed by atoms with E-state index < -0.39 is 14.6 Å². The summed E-state index contributed by atoms with van der Waals surface area (Å²) in [5, 5.41) is 3.26. The number of aliphatic imine (C=N–C) groups is 1. The summed E-state index contributed by atoms with van der Waals surface area (Å²) in [6.07, 6.45) is 1.70. The Bertz CT molecular complexity index is 722. The number of ether oxygens (including phenoxy) is 1. The molecule has 1 aliphatic rings. The Kier molecular flexibility index (Phi) is 8.58. The molecule has 0 unspecified atom stereocenters. The molecule has 0 atom stereocenters. The van der Waals surface area contributed by atoms with Crippen molar-refractivity contribution in [3.63, 3.8) is 0 Å². The Labute approximate surface area is 173 Å². The first kappa shape index (κ1) is 22.9. The minimum Gasteiger partial charge on any atom is -0.478 e. The summed E-state index contributed by atoms with van der Waals surface area (Å²) in [6.45, 7) is 10.0. The molecule has 1 N–H and O–H groups in total. The van der Waals surface area contributed by atoms with Crippen molar-refractivity contribution < 1.29 is 13.2 Å². The molecule has 9 heteroatoms. The van der Waals surface area contributed by atoms with E-state index in [4.69, 9.17) is 4.74 Å². The number of halogens is 1. The van der Waals surface area contributed by atoms with E-state index in [-0.39, 0.29) is 29.7 Å². The van der Waals surface area contributed by atoms with Crippen LogP contribution in [0.15, 0.2) is 23.3 Å². The van der Waals surface area contributed by atoms with Crippen molar-refractivity contribution >= 4 is 39.8 Å². The van der Waals surface area contributed by atoms with Crippen molar-refractivity contribution in [2.24, 2.45) is 4.99 Å². The van der Waals surface area contributed by atoms with E-state index in [1.807, 2.05) is 30.9 Å². The van der Waals surface area contributed by atoms with Gasteiger partial charge in [0.25, 0.3) is 0 Å². The maximum Gasteiger partial charge on any atom is 0.218 e. The van der Waals surface area contributed by atoms with Crippen LogP contribution in [-0.2, 0) is 16.4 Å². The SMILES string of the molecule is CCNC(=NCc1cccnc1OCC)N1CCS(=O)(=O)C(C)(C)C1.I. The van der Waals surface area contributed by atoms with E-state index in [0.29, 0.717) is 38.7 Å². The maximum atomic E-state index is 12.2. The number of rotatable bonds is 5. The second-order valence-electron chi connectivity index (χ2n) is 6.57. The van der Waals surface area contributed by atoms with Gasteiger partial charge in [0.15, 0.2) is 15.8 Å². The van der Waals surface area contributed by atoms with Crippen LogP contribution >= 0.6 is 24.0 Å². The highest BCUT2D eigenvalue weighted by Crippen LogP contribution is 2.24. The van der Waals surface area contributed by atoms with Crippen molar-refractivity contribution in [3.8, 4) is 5.88 Å². The molecular weight excluding hydrogens is 467 g/mol. The molecule has 2 heterocycles. The molecular formula is C17H29IN4O3S. The fourth-order valence-electron chi connectivity index (χ4n) is 2.72. The average molecular weight is 496 g/mol. The van der Waals surface area contributed by atoms with Crippen molar-refractivity contribution in [1.29, 1.82) is 0 Å². The van der Waals surface area contributed by atoms with Crippen LogP contribution in [0.3, 0.4) is 0 Å². The summed E-state index contributed by atoms with van der Waals surface area (Å²) >= 11 is 0. The smallest absolute Gasteiger partial charge is 0.218 e. The molecule has 0 radical (unpaired) electrons. The number of nitrogens with zero attached hydrogens (tertiary/aromatic N) is 3. The van der Waals surface area contributed by atoms with Crippen molar-refractivity contribution in [2.45, 2.75) is 39.0 Å². The first-order chi connectivity index (χ1) is 11.8. The molecule has 7 nitrogen and oxygen atoms in total. The Morgan fingerprint density at radius 1 is 1.42 bits per heavy atom. The zero-order valence-corrected chi connectivity index (χ0v) is 19.0. The van der Waals surface area contributed by atoms with Gasteiger partial charge in [-0.2, -0.15) is 0 Å². The summed E-state index contributed by atoms with van der Waals surface area (Å²) < 4.78 is 29.2. The van der Waals surface area contributed by atoms with Gasteiger partial charge in [-0.05, 0) is 33.8 Å². The highest BCUT2D eigenvalue weighted by molar-refractivity contribution is 14.0. The topological polar surface area (TPSA) is 83.9 Å². The second kappa shape index (κ2) is 9.72. The van der Waals surface area contributed by atoms with Gasteiger partial charge in [-0.1, -0.05) is 6.07 Å². The Morgan fingerprint density at radius 3 is 2.77 bits per heavy atom. The van der Waals surface area contributed by atoms with Gasteiger partial charge in [-0.3, -0.25) is 0 Å². The molecule has 0 amide bonds. The first-order valence-electron chi connectivity index (χ1n) is 8.63. The predicted octanol–water partition coefficient (Wildman–Crippen LogP) is 2.07. The van der Waals surface area contributed by atoms with Crippen LogP contribution < -0.4 is 10.1 Å². The number of hydrogen-bond donors (Lipinski definition) is 1. The lowest BCUT2D eigenvalue weighted by Crippen LogP contribution is -2.57. The quantitative estimate of drug-likeness (QED) is 0.382. The van der Waals surface area contributed by atoms with Gasteiger partial charge >= 0.3 is 0 Å². The Balaban J connectivity index is 0.00000338. The Hall–Kier alpha value is -1.10. The zero-order chi connectivity index (χ0) is 18.5. The van der Waals surface area contributed by atoms with Crippen LogP contribution in [0.2, 0.25) is 0 Å². The lowest BCUT2D eigenvalue weighted by molar-refractivity contribution is 0.322. The average Bonchev–Trinajstić information content (AvgIpc) is 2.56. The van der Waals surface area contributed by atoms with E-state index in [0.717, 1.165) is 11.5 Å². The van der Waals surface area contributed by atoms with Gasteiger partial charge in [0, 0.05) is 31.4 Å². The number of aromatic nitrogens is 1. The summed E-state index contributed by atoms with van der Waals surface area (Å²) in [5.74, 6) is 1.45. The highest BCUT2D eigenvalue weighted by atomic mass is 127. The molecule has 1 aliphatic heterocycles. The molecule has 2 rings (SSSR count). The lowest BCUT2D eigenvalue weighted by atomic mass is 10.2. The van der Waals surface area contributed by atoms with Crippen LogP contribution in [0, 0.1) is 0 Å². The predicted molar refractivity (Wildman–Crippen MR) is 115 cm³/mol. The van der Waals surface area contributed by atoms with E-state index in [1.54, 1.807) is 20.0 Å². The van der Waals surface area contributed by atoms with E-state index in [2.05, 4.69) is 15.3 Å². The number of guanidine groups is 1. The van der Waals surface area contributed by atoms with Gasteiger partial charge in [-0.15, -0.1) is 24.0 Å². The number of hydrogen-bond acceptors (Lipinski definition) is 5. The lowest BCUT2D eigenvalue weighted by Gasteiger charge is -2.39. The summed E-state index contributed by atoms with van der Waals surface area (Å²) in [4.78, 5) is 10.9. The molecule has 1 saturated heterocycles. The van der Waals surface area contributed by atoms with Crippen LogP contribution in [0.25, 0.3) is 0 Å². The van der Waals surface area contributed by atoms with Crippen LogP contribution in [0.1, 0.15) is 33.3 Å². The van der Waals surface area contributed by atoms with Crippen molar-refractivity contribution in [1.82, 2.24) is 15.2 Å². The molecule has 0 aliphatic carbocycles. The third-order valence-corrected chi connectivity index (χ3v) is 6.74. The molecule has 0 aromatic carbocycles. The number of nitrogens with one attached hydrogen (secondary N) is 1. The molecule has 148 valence electrons. The molecule has 0 spiro atoms. The van der Waals surface area contributed by atoms with Crippen LogP contribution in [-0.4, -0.2) is 61.0 Å². The fourth-order valence-corrected chi connectivity index (χ4v) is 4.09. The summed E-state index contributed by atoms with van der Waals surface area (Å²) in [5.41, 5.74) is 0.906. The second-order valence-corrected chi connectivity index (χ2v) is 9.31. The summed E-state index contributed by atoms with van der Waals surface area (Å²) in [6, 6.07) is 3.80. The zero-order valence-electron chi connectivity index (χ0n) is 15.9. The van der Waals surface area contributed by atoms with Gasteiger partial charge < -0.3 is 15.0 Å². The third kappa shape index (κ3) is 5.45. The number of pyridine rings is 1. The molecule has 1 fully saturated rings. The van der Waals surface area contributed by atoms with Gasteiger partial charge in [0.2, 0.25) is 5.88 Å². The Morgan fingerprint density at radius 2 is 2.15 bits per heavy atom. The molecule has 1 aromatic rings. The normalized spacial score (nSPS) is 18.8. The maximum absolute atomic E-state index is 12.2. The largest absolute Gasteiger partial charge is 0.478 e. The first-order valence-corrected chi connectivity index (χ1v) is 10.3. The van der Waals surface area contributed by atoms with E-state index >= 15 is 0 Å². The van der Waals surface area contributed by atoms with Crippen LogP contribution in [0.5, 0.6) is 5.88 Å². The minimum absolute atomic E-state index is 0. The third-order valence-electron chi connectivity index (χ3n) is 4.21. The molecule has 26 heavy (non-hydrogen) atoms. The van der Waals surface area contributed by atoms with Crippen molar-refractivity contribution in [3.05, 3.63) is 23.9 Å². The van der Waals surface area contributed by atoms with Crippen molar-refractivity contribution in [2.75, 3.05) is 32.0 Å². The van der Waals surface area contributed by atoms with Gasteiger partial charge in [0.05, 0.1) is 23.7 Å². The van der Waals surface area contributed by atoms with E-state index in [9.17, 15) is 8.42 Å². The molecule has 1 aromatic heterocycles. The standard InChI is InChI=1S/C17H28N4O3S.HI/c1-5-18-16(21-10-11-25(22,23)17(3,4)13-21)20-12-14-8-7-9-19-15(14)24-6-2;/h7-9H,5-6,10-13H2,1-4H3,(H,18,20);1H. The van der Waals surface area contributed by atoms with Crippen LogP contribution in [0.4, 0.5) is 0 Å². The minimum atomic E-state index is -3.08. The molecule has 0 bridgehead atoms. The molecule has 0 saturated carbocycles. The highest BCUT2D eigenvalue weighted by Gasteiger charge is 2.40. The number of sulfone groups is 1. The monoisotopic (exact) mass is 496 g/mol. The summed E-state index contributed by atoms with van der Waals surface area (Å²) in [7, 11) is -3.08.